The Labute approximate surface area is 161 Å². The highest BCUT2D eigenvalue weighted by Crippen LogP contribution is 2.34. The van der Waals surface area contributed by atoms with E-state index < -0.39 is 12.1 Å². The van der Waals surface area contributed by atoms with Crippen molar-refractivity contribution >= 4 is 17.1 Å². The van der Waals surface area contributed by atoms with Gasteiger partial charge in [0.25, 0.3) is 0 Å². The monoisotopic (exact) mass is 398 g/mol. The van der Waals surface area contributed by atoms with E-state index in [2.05, 4.69) is 28.9 Å². The van der Waals surface area contributed by atoms with Crippen LogP contribution in [0.25, 0.3) is 16.9 Å². The topological polar surface area (TPSA) is 43.1 Å². The first-order valence-corrected chi connectivity index (χ1v) is 9.10. The molecule has 0 aliphatic carbocycles. The molecule has 0 amide bonds. The lowest BCUT2D eigenvalue weighted by Crippen LogP contribution is -2.17. The SMILES string of the molecule is CCCC.Cc1ncc2c(Cl)cc(-c3ccc(C(C)C(F)(F)F)cn3)n2n1. The van der Waals surface area contributed by atoms with Gasteiger partial charge in [0.05, 0.1) is 28.5 Å². The van der Waals surface area contributed by atoms with Crippen LogP contribution in [0.2, 0.25) is 5.02 Å². The fraction of sp³-hybridized carbons (Fsp3) is 0.421. The highest BCUT2D eigenvalue weighted by molar-refractivity contribution is 6.34. The standard InChI is InChI=1S/C15H12ClF3N4.C4H10/c1-8(15(17,18)19)10-3-4-12(21-6-10)13-5-11(16)14-7-20-9(2)22-23(13)14;1-3-4-2/h3-8H,1-2H3;3-4H2,1-2H3. The van der Waals surface area contributed by atoms with E-state index in [4.69, 9.17) is 11.6 Å². The summed E-state index contributed by atoms with van der Waals surface area (Å²) in [5.74, 6) is -1.02. The first kappa shape index (κ1) is 21.2. The summed E-state index contributed by atoms with van der Waals surface area (Å²) in [6.45, 7) is 7.20. The zero-order valence-electron chi connectivity index (χ0n) is 15.7. The molecule has 8 heteroatoms. The molecular formula is C19H22ClF3N4. The van der Waals surface area contributed by atoms with E-state index in [0.29, 0.717) is 27.8 Å². The number of hydrogen-bond acceptors (Lipinski definition) is 3. The zero-order valence-corrected chi connectivity index (χ0v) is 16.4. The summed E-state index contributed by atoms with van der Waals surface area (Å²) in [6, 6.07) is 4.62. The predicted octanol–water partition coefficient (Wildman–Crippen LogP) is 6.23. The summed E-state index contributed by atoms with van der Waals surface area (Å²) in [7, 11) is 0. The van der Waals surface area contributed by atoms with Crippen molar-refractivity contribution in [2.75, 3.05) is 0 Å². The molecule has 146 valence electrons. The maximum atomic E-state index is 12.7. The third-order valence-electron chi connectivity index (χ3n) is 4.12. The number of pyridine rings is 1. The van der Waals surface area contributed by atoms with Gasteiger partial charge in [0.2, 0.25) is 0 Å². The summed E-state index contributed by atoms with van der Waals surface area (Å²) < 4.78 is 39.8. The van der Waals surface area contributed by atoms with E-state index >= 15 is 0 Å². The van der Waals surface area contributed by atoms with Crippen molar-refractivity contribution in [1.29, 1.82) is 0 Å². The van der Waals surface area contributed by atoms with Gasteiger partial charge < -0.3 is 0 Å². The second-order valence-corrected chi connectivity index (χ2v) is 6.63. The summed E-state index contributed by atoms with van der Waals surface area (Å²) >= 11 is 6.14. The molecule has 3 rings (SSSR count). The highest BCUT2D eigenvalue weighted by Gasteiger charge is 2.37. The van der Waals surface area contributed by atoms with E-state index in [9.17, 15) is 13.2 Å². The van der Waals surface area contributed by atoms with Gasteiger partial charge in [-0.05, 0) is 31.5 Å². The summed E-state index contributed by atoms with van der Waals surface area (Å²) in [5.41, 5.74) is 1.81. The number of hydrogen-bond donors (Lipinski definition) is 0. The number of nitrogens with zero attached hydrogens (tertiary/aromatic N) is 4. The minimum atomic E-state index is -4.29. The Balaban J connectivity index is 0.000000596. The summed E-state index contributed by atoms with van der Waals surface area (Å²) in [5, 5.41) is 4.72. The second kappa shape index (κ2) is 8.69. The first-order chi connectivity index (χ1) is 12.7. The van der Waals surface area contributed by atoms with Crippen molar-refractivity contribution in [1.82, 2.24) is 19.6 Å². The average molecular weight is 399 g/mol. The molecule has 0 N–H and O–H groups in total. The lowest BCUT2D eigenvalue weighted by Gasteiger charge is -2.15. The number of alkyl halides is 3. The van der Waals surface area contributed by atoms with Crippen molar-refractivity contribution in [2.45, 2.75) is 52.6 Å². The Morgan fingerprint density at radius 1 is 1.11 bits per heavy atom. The van der Waals surface area contributed by atoms with Gasteiger partial charge in [-0.25, -0.2) is 9.50 Å². The van der Waals surface area contributed by atoms with Crippen LogP contribution in [0.15, 0.2) is 30.6 Å². The molecule has 0 radical (unpaired) electrons. The number of rotatable bonds is 3. The Morgan fingerprint density at radius 2 is 1.78 bits per heavy atom. The quantitative estimate of drug-likeness (QED) is 0.525. The highest BCUT2D eigenvalue weighted by atomic mass is 35.5. The average Bonchev–Trinajstić information content (AvgIpc) is 2.96. The molecule has 4 nitrogen and oxygen atoms in total. The molecular weight excluding hydrogens is 377 g/mol. The fourth-order valence-electron chi connectivity index (χ4n) is 2.22. The number of halogens is 4. The number of fused-ring (bicyclic) bond motifs is 1. The van der Waals surface area contributed by atoms with Crippen molar-refractivity contribution in [3.05, 3.63) is 47.0 Å². The third-order valence-corrected chi connectivity index (χ3v) is 4.43. The fourth-order valence-corrected chi connectivity index (χ4v) is 2.45. The van der Waals surface area contributed by atoms with Gasteiger partial charge in [-0.3, -0.25) is 4.98 Å². The largest absolute Gasteiger partial charge is 0.395 e. The van der Waals surface area contributed by atoms with E-state index in [-0.39, 0.29) is 5.56 Å². The lowest BCUT2D eigenvalue weighted by molar-refractivity contribution is -0.146. The number of aromatic nitrogens is 4. The van der Waals surface area contributed by atoms with Crippen molar-refractivity contribution in [3.8, 4) is 11.4 Å². The van der Waals surface area contributed by atoms with E-state index in [1.54, 1.807) is 23.7 Å². The van der Waals surface area contributed by atoms with E-state index in [0.717, 1.165) is 6.92 Å². The third kappa shape index (κ3) is 4.97. The van der Waals surface area contributed by atoms with Gasteiger partial charge in [-0.15, -0.1) is 0 Å². The van der Waals surface area contributed by atoms with Crippen molar-refractivity contribution in [2.24, 2.45) is 0 Å². The predicted molar refractivity (Wildman–Crippen MR) is 101 cm³/mol. The molecule has 27 heavy (non-hydrogen) atoms. The van der Waals surface area contributed by atoms with Crippen LogP contribution < -0.4 is 0 Å². The van der Waals surface area contributed by atoms with Crippen LogP contribution in [-0.4, -0.2) is 25.8 Å². The molecule has 0 aromatic carbocycles. The van der Waals surface area contributed by atoms with Crippen LogP contribution in [0.5, 0.6) is 0 Å². The van der Waals surface area contributed by atoms with Crippen LogP contribution in [-0.2, 0) is 0 Å². The molecule has 0 fully saturated rings. The van der Waals surface area contributed by atoms with Gasteiger partial charge in [0.15, 0.2) is 0 Å². The minimum absolute atomic E-state index is 0.110. The Bertz CT molecular complexity index is 886. The second-order valence-electron chi connectivity index (χ2n) is 6.22. The van der Waals surface area contributed by atoms with Crippen molar-refractivity contribution in [3.63, 3.8) is 0 Å². The molecule has 0 aliphatic rings. The zero-order chi connectivity index (χ0) is 20.2. The molecule has 3 heterocycles. The molecule has 0 saturated carbocycles. The smallest absolute Gasteiger partial charge is 0.254 e. The maximum absolute atomic E-state index is 12.7. The van der Waals surface area contributed by atoms with Crippen LogP contribution in [0.1, 0.15) is 50.9 Å². The molecule has 0 aliphatic heterocycles. The molecule has 1 unspecified atom stereocenters. The molecule has 0 bridgehead atoms. The van der Waals surface area contributed by atoms with Crippen molar-refractivity contribution < 1.29 is 13.2 Å². The molecule has 3 aromatic heterocycles. The molecule has 0 saturated heterocycles. The molecule has 1 atom stereocenters. The van der Waals surface area contributed by atoms with Crippen LogP contribution in [0.3, 0.4) is 0 Å². The van der Waals surface area contributed by atoms with E-state index in [1.807, 2.05) is 0 Å². The normalized spacial score (nSPS) is 12.6. The van der Waals surface area contributed by atoms with Crippen LogP contribution in [0, 0.1) is 6.92 Å². The number of unbranched alkanes of at least 4 members (excludes halogenated alkanes) is 1. The first-order valence-electron chi connectivity index (χ1n) is 8.72. The van der Waals surface area contributed by atoms with Gasteiger partial charge in [0, 0.05) is 6.20 Å². The Hall–Kier alpha value is -2.15. The summed E-state index contributed by atoms with van der Waals surface area (Å²) in [4.78, 5) is 8.21. The summed E-state index contributed by atoms with van der Waals surface area (Å²) in [6.07, 6.45) is 1.17. The maximum Gasteiger partial charge on any atom is 0.395 e. The Kier molecular flexibility index (Phi) is 6.81. The number of aryl methyl sites for hydroxylation is 1. The van der Waals surface area contributed by atoms with Gasteiger partial charge >= 0.3 is 6.18 Å². The van der Waals surface area contributed by atoms with E-state index in [1.165, 1.54) is 31.2 Å². The van der Waals surface area contributed by atoms with Crippen LogP contribution >= 0.6 is 11.6 Å². The van der Waals surface area contributed by atoms with Gasteiger partial charge in [-0.1, -0.05) is 44.4 Å². The molecule has 0 spiro atoms. The molecule has 3 aromatic rings. The lowest BCUT2D eigenvalue weighted by atomic mass is 10.0. The van der Waals surface area contributed by atoms with Gasteiger partial charge in [-0.2, -0.15) is 18.3 Å². The minimum Gasteiger partial charge on any atom is -0.254 e. The van der Waals surface area contributed by atoms with Crippen LogP contribution in [0.4, 0.5) is 13.2 Å². The Morgan fingerprint density at radius 3 is 2.30 bits per heavy atom. The van der Waals surface area contributed by atoms with Gasteiger partial charge in [0.1, 0.15) is 11.3 Å².